The molecule has 0 unspecified atom stereocenters. The van der Waals surface area contributed by atoms with Crippen LogP contribution in [0.2, 0.25) is 0 Å². The molecule has 30 heavy (non-hydrogen) atoms. The molecule has 0 fully saturated rings. The summed E-state index contributed by atoms with van der Waals surface area (Å²) in [6.45, 7) is 3.88. The lowest BCUT2D eigenvalue weighted by atomic mass is 10.0. The van der Waals surface area contributed by atoms with E-state index in [0.29, 0.717) is 5.75 Å². The third-order valence-electron chi connectivity index (χ3n) is 5.56. The smallest absolute Gasteiger partial charge is 0.333 e. The number of imidazole rings is 1. The van der Waals surface area contributed by atoms with Crippen LogP contribution in [-0.2, 0) is 7.05 Å². The molecular weight excluding hydrogens is 380 g/mol. The second kappa shape index (κ2) is 6.55. The molecule has 0 aliphatic heterocycles. The van der Waals surface area contributed by atoms with E-state index < -0.39 is 0 Å². The molecule has 150 valence electrons. The van der Waals surface area contributed by atoms with Gasteiger partial charge in [0.25, 0.3) is 0 Å². The number of nitrogens with zero attached hydrogens (tertiary/aromatic N) is 5. The van der Waals surface area contributed by atoms with E-state index >= 15 is 0 Å². The molecule has 5 aromatic rings. The van der Waals surface area contributed by atoms with Gasteiger partial charge in [-0.25, -0.2) is 4.79 Å². The summed E-state index contributed by atoms with van der Waals surface area (Å²) in [4.78, 5) is 22.0. The SMILES string of the molecule is COc1cc2ncc3c(c2cc1-c1c[nH]nc1C)n(-c1ccncc1C)c(=O)n3C. The number of aryl methyl sites for hydroxylation is 3. The van der Waals surface area contributed by atoms with Gasteiger partial charge in [-0.05, 0) is 31.5 Å². The minimum atomic E-state index is -0.134. The molecule has 0 aliphatic carbocycles. The van der Waals surface area contributed by atoms with Crippen LogP contribution in [0.1, 0.15) is 11.3 Å². The van der Waals surface area contributed by atoms with E-state index in [9.17, 15) is 4.79 Å². The Kier molecular flexibility index (Phi) is 3.95. The summed E-state index contributed by atoms with van der Waals surface area (Å²) in [5.74, 6) is 0.698. The van der Waals surface area contributed by atoms with Crippen LogP contribution in [0.25, 0.3) is 38.8 Å². The van der Waals surface area contributed by atoms with E-state index in [1.807, 2.05) is 38.2 Å². The minimum absolute atomic E-state index is 0.134. The Morgan fingerprint density at radius 1 is 1.13 bits per heavy atom. The molecule has 1 N–H and O–H groups in total. The second-order valence-electron chi connectivity index (χ2n) is 7.29. The highest BCUT2D eigenvalue weighted by Crippen LogP contribution is 2.37. The van der Waals surface area contributed by atoms with Crippen molar-refractivity contribution in [2.45, 2.75) is 13.8 Å². The van der Waals surface area contributed by atoms with E-state index in [4.69, 9.17) is 4.74 Å². The van der Waals surface area contributed by atoms with Crippen molar-refractivity contribution in [3.8, 4) is 22.6 Å². The zero-order valence-electron chi connectivity index (χ0n) is 17.1. The van der Waals surface area contributed by atoms with Crippen LogP contribution in [0.15, 0.2) is 47.8 Å². The van der Waals surface area contributed by atoms with Gasteiger partial charge in [0.15, 0.2) is 0 Å². The van der Waals surface area contributed by atoms with Crippen molar-refractivity contribution in [2.75, 3.05) is 7.11 Å². The third-order valence-corrected chi connectivity index (χ3v) is 5.56. The van der Waals surface area contributed by atoms with E-state index in [-0.39, 0.29) is 5.69 Å². The fraction of sp³-hybridized carbons (Fsp3) is 0.182. The molecule has 8 nitrogen and oxygen atoms in total. The average molecular weight is 400 g/mol. The topological polar surface area (TPSA) is 90.6 Å². The number of benzene rings is 1. The summed E-state index contributed by atoms with van der Waals surface area (Å²) in [6.07, 6.45) is 7.03. The minimum Gasteiger partial charge on any atom is -0.496 e. The van der Waals surface area contributed by atoms with E-state index in [2.05, 4.69) is 20.2 Å². The van der Waals surface area contributed by atoms with Gasteiger partial charge >= 0.3 is 5.69 Å². The van der Waals surface area contributed by atoms with Gasteiger partial charge in [-0.3, -0.25) is 24.2 Å². The number of fused-ring (bicyclic) bond motifs is 3. The lowest BCUT2D eigenvalue weighted by Crippen LogP contribution is -2.21. The summed E-state index contributed by atoms with van der Waals surface area (Å²) in [7, 11) is 3.40. The first-order valence-electron chi connectivity index (χ1n) is 9.51. The lowest BCUT2D eigenvalue weighted by molar-refractivity contribution is 0.417. The van der Waals surface area contributed by atoms with Crippen molar-refractivity contribution in [2.24, 2.45) is 7.05 Å². The molecule has 4 aromatic heterocycles. The van der Waals surface area contributed by atoms with Crippen molar-refractivity contribution >= 4 is 21.9 Å². The summed E-state index contributed by atoms with van der Waals surface area (Å²) in [6, 6.07) is 5.78. The maximum atomic E-state index is 13.2. The maximum absolute atomic E-state index is 13.2. The molecule has 1 aromatic carbocycles. The molecule has 0 amide bonds. The summed E-state index contributed by atoms with van der Waals surface area (Å²) in [5.41, 5.74) is 6.57. The number of H-pyrrole nitrogens is 1. The van der Waals surface area contributed by atoms with Gasteiger partial charge in [-0.1, -0.05) is 0 Å². The van der Waals surface area contributed by atoms with Crippen molar-refractivity contribution in [1.82, 2.24) is 29.3 Å². The van der Waals surface area contributed by atoms with E-state index in [1.54, 1.807) is 41.9 Å². The van der Waals surface area contributed by atoms with Crippen molar-refractivity contribution in [3.63, 3.8) is 0 Å². The van der Waals surface area contributed by atoms with Gasteiger partial charge in [-0.2, -0.15) is 5.10 Å². The van der Waals surface area contributed by atoms with Crippen LogP contribution >= 0.6 is 0 Å². The number of hydrogen-bond donors (Lipinski definition) is 1. The molecule has 8 heteroatoms. The second-order valence-corrected chi connectivity index (χ2v) is 7.29. The quantitative estimate of drug-likeness (QED) is 0.502. The van der Waals surface area contributed by atoms with Gasteiger partial charge in [0.05, 0.1) is 41.2 Å². The van der Waals surface area contributed by atoms with Crippen LogP contribution < -0.4 is 10.4 Å². The molecule has 0 radical (unpaired) electrons. The molecule has 0 bridgehead atoms. The Morgan fingerprint density at radius 2 is 1.97 bits per heavy atom. The first-order chi connectivity index (χ1) is 14.5. The lowest BCUT2D eigenvalue weighted by Gasteiger charge is -2.12. The molecule has 0 saturated heterocycles. The summed E-state index contributed by atoms with van der Waals surface area (Å²) < 4.78 is 8.99. The summed E-state index contributed by atoms with van der Waals surface area (Å²) >= 11 is 0. The predicted octanol–water partition coefficient (Wildman–Crippen LogP) is 3.29. The number of aromatic amines is 1. The zero-order chi connectivity index (χ0) is 21.0. The van der Waals surface area contributed by atoms with Crippen LogP contribution in [-0.4, -0.2) is 36.4 Å². The van der Waals surface area contributed by atoms with Gasteiger partial charge in [0, 0.05) is 48.2 Å². The van der Waals surface area contributed by atoms with E-state index in [1.165, 1.54) is 0 Å². The fourth-order valence-electron chi connectivity index (χ4n) is 3.98. The normalized spacial score (nSPS) is 11.5. The maximum Gasteiger partial charge on any atom is 0.333 e. The Bertz CT molecular complexity index is 1490. The third kappa shape index (κ3) is 2.46. The first-order valence-corrected chi connectivity index (χ1v) is 9.51. The van der Waals surface area contributed by atoms with Crippen molar-refractivity contribution < 1.29 is 4.74 Å². The molecule has 0 atom stereocenters. The molecule has 0 aliphatic rings. The molecule has 0 saturated carbocycles. The van der Waals surface area contributed by atoms with Gasteiger partial charge in [-0.15, -0.1) is 0 Å². The van der Waals surface area contributed by atoms with Crippen molar-refractivity contribution in [1.29, 1.82) is 0 Å². The number of methoxy groups -OCH3 is 1. The highest BCUT2D eigenvalue weighted by atomic mass is 16.5. The van der Waals surface area contributed by atoms with Gasteiger partial charge < -0.3 is 4.74 Å². The number of nitrogens with one attached hydrogen (secondary N) is 1. The molecule has 4 heterocycles. The van der Waals surface area contributed by atoms with E-state index in [0.717, 1.165) is 50.0 Å². The van der Waals surface area contributed by atoms with Crippen LogP contribution in [0.4, 0.5) is 0 Å². The molecule has 5 rings (SSSR count). The number of hydrogen-bond acceptors (Lipinski definition) is 5. The fourth-order valence-corrected chi connectivity index (χ4v) is 3.98. The Hall–Kier alpha value is -3.94. The zero-order valence-corrected chi connectivity index (χ0v) is 17.1. The van der Waals surface area contributed by atoms with Crippen LogP contribution in [0, 0.1) is 13.8 Å². The average Bonchev–Trinajstić information content (AvgIpc) is 3.29. The number of pyridine rings is 2. The summed E-state index contributed by atoms with van der Waals surface area (Å²) in [5, 5.41) is 8.01. The first kappa shape index (κ1) is 18.1. The van der Waals surface area contributed by atoms with Crippen molar-refractivity contribution in [3.05, 3.63) is 64.7 Å². The predicted molar refractivity (Wildman–Crippen MR) is 115 cm³/mol. The Balaban J connectivity index is 1.97. The number of ether oxygens (including phenoxy) is 1. The van der Waals surface area contributed by atoms with Gasteiger partial charge in [0.1, 0.15) is 5.75 Å². The van der Waals surface area contributed by atoms with Crippen LogP contribution in [0.3, 0.4) is 0 Å². The molecule has 0 spiro atoms. The molecular formula is C22H20N6O2. The Morgan fingerprint density at radius 3 is 2.67 bits per heavy atom. The number of aromatic nitrogens is 6. The van der Waals surface area contributed by atoms with Gasteiger partial charge in [0.2, 0.25) is 0 Å². The standard InChI is InChI=1S/C22H20N6O2/c1-12-9-23-6-5-18(12)28-21-15-7-14(16-10-25-26-13(16)2)20(30-4)8-17(15)24-11-19(21)27(3)22(28)29/h5-11H,1-4H3,(H,25,26). The monoisotopic (exact) mass is 400 g/mol. The largest absolute Gasteiger partial charge is 0.496 e. The number of rotatable bonds is 3. The Labute approximate surface area is 171 Å². The highest BCUT2D eigenvalue weighted by molar-refractivity contribution is 6.05. The van der Waals surface area contributed by atoms with Crippen LogP contribution in [0.5, 0.6) is 5.75 Å². The highest BCUT2D eigenvalue weighted by Gasteiger charge is 2.20.